The number of aromatic hydroxyl groups is 1. The molecule has 0 unspecified atom stereocenters. The Balaban J connectivity index is 2.31. The summed E-state index contributed by atoms with van der Waals surface area (Å²) in [5, 5.41) is 10.1. The van der Waals surface area contributed by atoms with Crippen molar-refractivity contribution in [1.82, 2.24) is 0 Å². The highest BCUT2D eigenvalue weighted by atomic mass is 32.2. The second-order valence-electron chi connectivity index (χ2n) is 5.42. The molecule has 24 heavy (non-hydrogen) atoms. The van der Waals surface area contributed by atoms with E-state index in [2.05, 4.69) is 6.58 Å². The highest BCUT2D eigenvalue weighted by Crippen LogP contribution is 2.37. The first-order chi connectivity index (χ1) is 11.6. The minimum atomic E-state index is -0.474. The molecule has 126 valence electrons. The second-order valence-corrected chi connectivity index (χ2v) is 6.50. The standard InChI is InChI=1S/C20H22O3S/c1-4-6-13-23-20(22)19-14(3)17(12-11-16(19)21)24-18-10-8-7-9-15(18)5-2/h5,7-12,21H,2,4,6,13H2,1,3H3. The first kappa shape index (κ1) is 18.1. The first-order valence-corrected chi connectivity index (χ1v) is 8.79. The maximum Gasteiger partial charge on any atom is 0.342 e. The third-order valence-corrected chi connectivity index (χ3v) is 4.94. The van der Waals surface area contributed by atoms with Gasteiger partial charge in [0.2, 0.25) is 0 Å². The van der Waals surface area contributed by atoms with Gasteiger partial charge in [-0.05, 0) is 42.7 Å². The molecule has 0 aliphatic carbocycles. The summed E-state index contributed by atoms with van der Waals surface area (Å²) in [6.45, 7) is 8.06. The molecule has 1 N–H and O–H groups in total. The van der Waals surface area contributed by atoms with E-state index in [-0.39, 0.29) is 11.3 Å². The van der Waals surface area contributed by atoms with Crippen molar-refractivity contribution >= 4 is 23.8 Å². The molecule has 2 rings (SSSR count). The normalized spacial score (nSPS) is 10.4. The van der Waals surface area contributed by atoms with Gasteiger partial charge in [-0.25, -0.2) is 4.79 Å². The molecular weight excluding hydrogens is 320 g/mol. The molecular formula is C20H22O3S. The van der Waals surface area contributed by atoms with E-state index in [9.17, 15) is 9.90 Å². The van der Waals surface area contributed by atoms with Crippen molar-refractivity contribution < 1.29 is 14.6 Å². The van der Waals surface area contributed by atoms with Gasteiger partial charge in [0.15, 0.2) is 0 Å². The molecule has 0 saturated heterocycles. The summed E-state index contributed by atoms with van der Waals surface area (Å²) in [5.41, 5.74) is 1.99. The van der Waals surface area contributed by atoms with Gasteiger partial charge in [-0.3, -0.25) is 0 Å². The lowest BCUT2D eigenvalue weighted by molar-refractivity contribution is 0.0495. The SMILES string of the molecule is C=Cc1ccccc1Sc1ccc(O)c(C(=O)OCCCC)c1C. The lowest BCUT2D eigenvalue weighted by Gasteiger charge is -2.13. The third-order valence-electron chi connectivity index (χ3n) is 3.69. The van der Waals surface area contributed by atoms with E-state index in [4.69, 9.17) is 4.74 Å². The number of esters is 1. The maximum absolute atomic E-state index is 12.3. The number of phenolic OH excluding ortho intramolecular Hbond substituents is 1. The molecule has 0 spiro atoms. The Morgan fingerprint density at radius 3 is 2.71 bits per heavy atom. The van der Waals surface area contributed by atoms with Crippen LogP contribution in [0.4, 0.5) is 0 Å². The van der Waals surface area contributed by atoms with Crippen LogP contribution in [0, 0.1) is 6.92 Å². The zero-order valence-corrected chi connectivity index (χ0v) is 14.9. The zero-order valence-electron chi connectivity index (χ0n) is 14.0. The fraction of sp³-hybridized carbons (Fsp3) is 0.250. The average molecular weight is 342 g/mol. The van der Waals surface area contributed by atoms with E-state index in [0.717, 1.165) is 33.8 Å². The minimum absolute atomic E-state index is 0.0460. The van der Waals surface area contributed by atoms with Crippen molar-refractivity contribution in [2.75, 3.05) is 6.61 Å². The number of carbonyl (C=O) groups is 1. The highest BCUT2D eigenvalue weighted by molar-refractivity contribution is 7.99. The molecule has 0 fully saturated rings. The number of rotatable bonds is 7. The fourth-order valence-electron chi connectivity index (χ4n) is 2.29. The smallest absolute Gasteiger partial charge is 0.342 e. The van der Waals surface area contributed by atoms with E-state index in [1.165, 1.54) is 0 Å². The van der Waals surface area contributed by atoms with Crippen LogP contribution < -0.4 is 0 Å². The summed E-state index contributed by atoms with van der Waals surface area (Å²) < 4.78 is 5.26. The highest BCUT2D eigenvalue weighted by Gasteiger charge is 2.19. The molecule has 0 atom stereocenters. The van der Waals surface area contributed by atoms with E-state index in [1.807, 2.05) is 44.2 Å². The van der Waals surface area contributed by atoms with Crippen molar-refractivity contribution in [3.63, 3.8) is 0 Å². The average Bonchev–Trinajstić information content (AvgIpc) is 2.58. The summed E-state index contributed by atoms with van der Waals surface area (Å²) >= 11 is 1.54. The Kier molecular flexibility index (Phi) is 6.50. The van der Waals surface area contributed by atoms with Gasteiger partial charge in [0.25, 0.3) is 0 Å². The zero-order chi connectivity index (χ0) is 17.5. The van der Waals surface area contributed by atoms with Gasteiger partial charge in [-0.2, -0.15) is 0 Å². The second kappa shape index (κ2) is 8.60. The van der Waals surface area contributed by atoms with E-state index in [0.29, 0.717) is 6.61 Å². The van der Waals surface area contributed by atoms with Gasteiger partial charge in [-0.15, -0.1) is 0 Å². The molecule has 0 aliphatic rings. The number of unbranched alkanes of at least 4 members (excludes halogenated alkanes) is 1. The topological polar surface area (TPSA) is 46.5 Å². The molecule has 3 nitrogen and oxygen atoms in total. The molecule has 4 heteroatoms. The van der Waals surface area contributed by atoms with Crippen molar-refractivity contribution in [3.05, 3.63) is 59.7 Å². The van der Waals surface area contributed by atoms with E-state index in [1.54, 1.807) is 23.9 Å². The van der Waals surface area contributed by atoms with Crippen LogP contribution in [0.15, 0.2) is 52.8 Å². The number of ether oxygens (including phenoxy) is 1. The largest absolute Gasteiger partial charge is 0.507 e. The fourth-order valence-corrected chi connectivity index (χ4v) is 3.33. The monoisotopic (exact) mass is 342 g/mol. The van der Waals surface area contributed by atoms with Crippen LogP contribution in [0.1, 0.15) is 41.3 Å². The Morgan fingerprint density at radius 2 is 2.00 bits per heavy atom. The summed E-state index contributed by atoms with van der Waals surface area (Å²) in [4.78, 5) is 14.2. The van der Waals surface area contributed by atoms with E-state index < -0.39 is 5.97 Å². The minimum Gasteiger partial charge on any atom is -0.507 e. The van der Waals surface area contributed by atoms with Gasteiger partial charge < -0.3 is 9.84 Å². The molecule has 0 radical (unpaired) electrons. The van der Waals surface area contributed by atoms with Crippen LogP contribution in [0.3, 0.4) is 0 Å². The van der Waals surface area contributed by atoms with Crippen LogP contribution in [-0.4, -0.2) is 17.7 Å². The van der Waals surface area contributed by atoms with Gasteiger partial charge in [0.05, 0.1) is 6.61 Å². The Bertz CT molecular complexity index is 738. The lowest BCUT2D eigenvalue weighted by Crippen LogP contribution is -2.09. The van der Waals surface area contributed by atoms with Gasteiger partial charge in [0, 0.05) is 9.79 Å². The van der Waals surface area contributed by atoms with Crippen molar-refractivity contribution in [2.24, 2.45) is 0 Å². The number of hydrogen-bond acceptors (Lipinski definition) is 4. The molecule has 0 aliphatic heterocycles. The number of hydrogen-bond donors (Lipinski definition) is 1. The van der Waals surface area contributed by atoms with Gasteiger partial charge in [-0.1, -0.05) is 56.0 Å². The summed E-state index contributed by atoms with van der Waals surface area (Å²) in [6, 6.07) is 11.3. The lowest BCUT2D eigenvalue weighted by atomic mass is 10.1. The Morgan fingerprint density at radius 1 is 1.25 bits per heavy atom. The summed E-state index contributed by atoms with van der Waals surface area (Å²) in [7, 11) is 0. The van der Waals surface area contributed by atoms with Crippen LogP contribution >= 0.6 is 11.8 Å². The Labute approximate surface area is 147 Å². The Hall–Kier alpha value is -2.20. The van der Waals surface area contributed by atoms with Crippen LogP contribution in [0.25, 0.3) is 6.08 Å². The predicted octanol–water partition coefficient (Wildman–Crippen LogP) is 5.45. The molecule has 0 amide bonds. The molecule has 2 aromatic rings. The van der Waals surface area contributed by atoms with Crippen LogP contribution in [0.2, 0.25) is 0 Å². The van der Waals surface area contributed by atoms with Crippen molar-refractivity contribution in [1.29, 1.82) is 0 Å². The molecule has 0 aromatic heterocycles. The predicted molar refractivity (Wildman–Crippen MR) is 98.7 cm³/mol. The third kappa shape index (κ3) is 4.20. The molecule has 0 bridgehead atoms. The molecule has 0 heterocycles. The molecule has 0 saturated carbocycles. The van der Waals surface area contributed by atoms with Crippen LogP contribution in [0.5, 0.6) is 5.75 Å². The van der Waals surface area contributed by atoms with Gasteiger partial charge in [0.1, 0.15) is 11.3 Å². The summed E-state index contributed by atoms with van der Waals surface area (Å²) in [6.07, 6.45) is 3.57. The number of phenols is 1. The maximum atomic E-state index is 12.3. The molecule has 2 aromatic carbocycles. The number of carbonyl (C=O) groups excluding carboxylic acids is 1. The van der Waals surface area contributed by atoms with Gasteiger partial charge >= 0.3 is 5.97 Å². The van der Waals surface area contributed by atoms with Crippen LogP contribution in [-0.2, 0) is 4.74 Å². The van der Waals surface area contributed by atoms with E-state index >= 15 is 0 Å². The van der Waals surface area contributed by atoms with Crippen molar-refractivity contribution in [3.8, 4) is 5.75 Å². The quantitative estimate of drug-likeness (QED) is 0.537. The number of benzene rings is 2. The summed E-state index contributed by atoms with van der Waals surface area (Å²) in [5.74, 6) is -0.520. The first-order valence-electron chi connectivity index (χ1n) is 7.97. The van der Waals surface area contributed by atoms with Crippen molar-refractivity contribution in [2.45, 2.75) is 36.5 Å².